The maximum absolute atomic E-state index is 11.0. The van der Waals surface area contributed by atoms with Crippen molar-refractivity contribution in [3.8, 4) is 5.75 Å². The van der Waals surface area contributed by atoms with Crippen LogP contribution in [-0.2, 0) is 6.61 Å². The molecule has 2 heterocycles. The van der Waals surface area contributed by atoms with Crippen LogP contribution in [0.25, 0.3) is 0 Å². The molecule has 0 amide bonds. The van der Waals surface area contributed by atoms with Gasteiger partial charge in [0.1, 0.15) is 17.8 Å². The number of rotatable bonds is 6. The largest absolute Gasteiger partial charge is 0.479 e. The van der Waals surface area contributed by atoms with E-state index in [-0.39, 0.29) is 23.1 Å². The van der Waals surface area contributed by atoms with E-state index in [0.29, 0.717) is 10.8 Å². The van der Waals surface area contributed by atoms with Gasteiger partial charge in [-0.2, -0.15) is 0 Å². The Kier molecular flexibility index (Phi) is 5.11. The first kappa shape index (κ1) is 17.1. The number of hydrogen-bond acceptors (Lipinski definition) is 7. The van der Waals surface area contributed by atoms with Crippen LogP contribution in [-0.4, -0.2) is 14.9 Å². The molecule has 0 unspecified atom stereocenters. The smallest absolute Gasteiger partial charge is 0.330 e. The number of nitro groups is 1. The molecular weight excluding hydrogens is 364 g/mol. The highest BCUT2D eigenvalue weighted by atomic mass is 35.5. The number of nitrogens with zero attached hydrogens (tertiary/aromatic N) is 3. The predicted molar refractivity (Wildman–Crippen MR) is 96.8 cm³/mol. The number of anilines is 2. The van der Waals surface area contributed by atoms with Crippen LogP contribution in [0.2, 0.25) is 5.02 Å². The molecule has 0 aliphatic heterocycles. The summed E-state index contributed by atoms with van der Waals surface area (Å²) >= 11 is 7.37. The monoisotopic (exact) mass is 376 g/mol. The van der Waals surface area contributed by atoms with Crippen LogP contribution in [0.4, 0.5) is 16.5 Å². The average Bonchev–Trinajstić information content (AvgIpc) is 3.03. The van der Waals surface area contributed by atoms with Gasteiger partial charge in [0.25, 0.3) is 0 Å². The van der Waals surface area contributed by atoms with Crippen molar-refractivity contribution in [2.45, 2.75) is 13.5 Å². The molecule has 3 aromatic rings. The topological polar surface area (TPSA) is 90.2 Å². The Bertz CT molecular complexity index is 916. The highest BCUT2D eigenvalue weighted by Crippen LogP contribution is 2.34. The fourth-order valence-electron chi connectivity index (χ4n) is 2.09. The SMILES string of the molecule is Cc1ccccc1Nc1nc(COc2c(Cl)cncc2[N+](=O)[O-])cs1. The van der Waals surface area contributed by atoms with Crippen LogP contribution in [0.15, 0.2) is 42.0 Å². The van der Waals surface area contributed by atoms with Crippen molar-refractivity contribution in [2.75, 3.05) is 5.32 Å². The molecule has 0 atom stereocenters. The van der Waals surface area contributed by atoms with Crippen LogP contribution in [0.5, 0.6) is 5.75 Å². The lowest BCUT2D eigenvalue weighted by atomic mass is 10.2. The molecular formula is C16H13ClN4O3S. The third kappa shape index (κ3) is 4.04. The van der Waals surface area contributed by atoms with E-state index in [0.717, 1.165) is 17.4 Å². The zero-order chi connectivity index (χ0) is 17.8. The van der Waals surface area contributed by atoms with E-state index in [9.17, 15) is 10.1 Å². The second kappa shape index (κ2) is 7.45. The fraction of sp³-hybridized carbons (Fsp3) is 0.125. The minimum atomic E-state index is -0.583. The van der Waals surface area contributed by atoms with Crippen molar-refractivity contribution in [1.29, 1.82) is 0 Å². The van der Waals surface area contributed by atoms with E-state index >= 15 is 0 Å². The standard InChI is InChI=1S/C16H13ClN4O3S/c1-10-4-2-3-5-13(10)20-16-19-11(9-25-16)8-24-15-12(17)6-18-7-14(15)21(22)23/h2-7,9H,8H2,1H3,(H,19,20). The lowest BCUT2D eigenvalue weighted by Gasteiger charge is -2.07. The molecule has 9 heteroatoms. The number of pyridine rings is 1. The summed E-state index contributed by atoms with van der Waals surface area (Å²) < 4.78 is 5.51. The van der Waals surface area contributed by atoms with Crippen LogP contribution in [0, 0.1) is 17.0 Å². The third-order valence-electron chi connectivity index (χ3n) is 3.33. The summed E-state index contributed by atoms with van der Waals surface area (Å²) in [5.74, 6) is -0.0110. The Morgan fingerprint density at radius 1 is 1.36 bits per heavy atom. The zero-order valence-corrected chi connectivity index (χ0v) is 14.7. The van der Waals surface area contributed by atoms with Crippen molar-refractivity contribution < 1.29 is 9.66 Å². The molecule has 0 spiro atoms. The zero-order valence-electron chi connectivity index (χ0n) is 13.1. The quantitative estimate of drug-likeness (QED) is 0.494. The first-order chi connectivity index (χ1) is 12.0. The molecule has 25 heavy (non-hydrogen) atoms. The number of halogens is 1. The van der Waals surface area contributed by atoms with Gasteiger partial charge < -0.3 is 10.1 Å². The van der Waals surface area contributed by atoms with E-state index in [2.05, 4.69) is 15.3 Å². The Balaban J connectivity index is 1.71. The number of ether oxygens (including phenoxy) is 1. The van der Waals surface area contributed by atoms with Gasteiger partial charge in [0.2, 0.25) is 5.75 Å². The van der Waals surface area contributed by atoms with Crippen LogP contribution < -0.4 is 10.1 Å². The van der Waals surface area contributed by atoms with Gasteiger partial charge in [-0.15, -0.1) is 11.3 Å². The van der Waals surface area contributed by atoms with Crippen LogP contribution in [0.3, 0.4) is 0 Å². The molecule has 3 rings (SSSR count). The summed E-state index contributed by atoms with van der Waals surface area (Å²) in [5, 5.41) is 16.9. The molecule has 7 nitrogen and oxygen atoms in total. The maximum Gasteiger partial charge on any atom is 0.330 e. The number of hydrogen-bond donors (Lipinski definition) is 1. The van der Waals surface area contributed by atoms with E-state index in [1.54, 1.807) is 0 Å². The van der Waals surface area contributed by atoms with Gasteiger partial charge in [-0.3, -0.25) is 15.1 Å². The number of para-hydroxylation sites is 1. The molecule has 0 saturated carbocycles. The van der Waals surface area contributed by atoms with Gasteiger partial charge in [-0.05, 0) is 18.6 Å². The van der Waals surface area contributed by atoms with Crippen molar-refractivity contribution in [1.82, 2.24) is 9.97 Å². The summed E-state index contributed by atoms with van der Waals surface area (Å²) in [6.07, 6.45) is 2.41. The molecule has 0 aliphatic rings. The van der Waals surface area contributed by atoms with Gasteiger partial charge >= 0.3 is 5.69 Å². The lowest BCUT2D eigenvalue weighted by Crippen LogP contribution is -2.01. The number of nitrogens with one attached hydrogen (secondary N) is 1. The Morgan fingerprint density at radius 2 is 2.16 bits per heavy atom. The van der Waals surface area contributed by atoms with E-state index in [1.807, 2.05) is 36.6 Å². The van der Waals surface area contributed by atoms with Gasteiger partial charge in [0.05, 0.1) is 10.6 Å². The van der Waals surface area contributed by atoms with Gasteiger partial charge in [-0.25, -0.2) is 4.98 Å². The van der Waals surface area contributed by atoms with Crippen molar-refractivity contribution in [3.63, 3.8) is 0 Å². The normalized spacial score (nSPS) is 10.5. The van der Waals surface area contributed by atoms with E-state index < -0.39 is 4.92 Å². The molecule has 128 valence electrons. The van der Waals surface area contributed by atoms with Crippen LogP contribution in [0.1, 0.15) is 11.3 Å². The number of aromatic nitrogens is 2. The van der Waals surface area contributed by atoms with Crippen molar-refractivity contribution in [2.24, 2.45) is 0 Å². The first-order valence-corrected chi connectivity index (χ1v) is 8.48. The number of benzene rings is 1. The van der Waals surface area contributed by atoms with E-state index in [1.165, 1.54) is 17.5 Å². The second-order valence-corrected chi connectivity index (χ2v) is 6.36. The highest BCUT2D eigenvalue weighted by Gasteiger charge is 2.19. The lowest BCUT2D eigenvalue weighted by molar-refractivity contribution is -0.386. The Hall–Kier alpha value is -2.71. The van der Waals surface area contributed by atoms with Gasteiger partial charge in [0, 0.05) is 17.3 Å². The number of thiazole rings is 1. The minimum absolute atomic E-state index is 0.0110. The van der Waals surface area contributed by atoms with Gasteiger partial charge in [-0.1, -0.05) is 29.8 Å². The molecule has 1 N–H and O–H groups in total. The summed E-state index contributed by atoms with van der Waals surface area (Å²) in [7, 11) is 0. The fourth-order valence-corrected chi connectivity index (χ4v) is 3.01. The molecule has 0 saturated heterocycles. The summed E-state index contributed by atoms with van der Waals surface area (Å²) in [4.78, 5) is 18.6. The third-order valence-corrected chi connectivity index (χ3v) is 4.41. The second-order valence-electron chi connectivity index (χ2n) is 5.10. The molecule has 0 radical (unpaired) electrons. The molecule has 1 aromatic carbocycles. The Morgan fingerprint density at radius 3 is 2.92 bits per heavy atom. The Labute approximate surface area is 152 Å². The summed E-state index contributed by atoms with van der Waals surface area (Å²) in [5.41, 5.74) is 2.44. The first-order valence-electron chi connectivity index (χ1n) is 7.22. The summed E-state index contributed by atoms with van der Waals surface area (Å²) in [6, 6.07) is 7.88. The molecule has 0 fully saturated rings. The molecule has 0 bridgehead atoms. The average molecular weight is 377 g/mol. The van der Waals surface area contributed by atoms with Crippen molar-refractivity contribution in [3.05, 3.63) is 68.4 Å². The number of aryl methyl sites for hydroxylation is 1. The van der Waals surface area contributed by atoms with Gasteiger partial charge in [0.15, 0.2) is 5.13 Å². The molecule has 2 aromatic heterocycles. The maximum atomic E-state index is 11.0. The summed E-state index contributed by atoms with van der Waals surface area (Å²) in [6.45, 7) is 2.07. The van der Waals surface area contributed by atoms with Crippen LogP contribution >= 0.6 is 22.9 Å². The predicted octanol–water partition coefficient (Wildman–Crippen LogP) is 4.73. The molecule has 0 aliphatic carbocycles. The minimum Gasteiger partial charge on any atom is -0.479 e. The van der Waals surface area contributed by atoms with E-state index in [4.69, 9.17) is 16.3 Å². The van der Waals surface area contributed by atoms with Crippen molar-refractivity contribution >= 4 is 39.4 Å². The highest BCUT2D eigenvalue weighted by molar-refractivity contribution is 7.13.